The molecule has 0 radical (unpaired) electrons. The van der Waals surface area contributed by atoms with Gasteiger partial charge in [-0.15, -0.1) is 0 Å². The van der Waals surface area contributed by atoms with Crippen LogP contribution in [0.3, 0.4) is 0 Å². The van der Waals surface area contributed by atoms with Crippen LogP contribution in [0.2, 0.25) is 0 Å². The van der Waals surface area contributed by atoms with Crippen LogP contribution in [0.25, 0.3) is 0 Å². The molecule has 0 saturated heterocycles. The quantitative estimate of drug-likeness (QED) is 0.871. The van der Waals surface area contributed by atoms with Crippen molar-refractivity contribution in [1.82, 2.24) is 5.32 Å². The first-order chi connectivity index (χ1) is 6.50. The SMILES string of the molecule is CNC(C)(C(=O)O)c1cccc(Br)c1. The molecule has 3 nitrogen and oxygen atoms in total. The minimum Gasteiger partial charge on any atom is -0.480 e. The fourth-order valence-electron chi connectivity index (χ4n) is 1.17. The number of hydrogen-bond donors (Lipinski definition) is 2. The summed E-state index contributed by atoms with van der Waals surface area (Å²) in [5, 5.41) is 11.9. The van der Waals surface area contributed by atoms with Gasteiger partial charge in [0.05, 0.1) is 0 Å². The van der Waals surface area contributed by atoms with Crippen LogP contribution in [0.4, 0.5) is 0 Å². The van der Waals surface area contributed by atoms with Crippen LogP contribution in [-0.4, -0.2) is 18.1 Å². The normalized spacial score (nSPS) is 14.8. The van der Waals surface area contributed by atoms with E-state index >= 15 is 0 Å². The van der Waals surface area contributed by atoms with Crippen molar-refractivity contribution < 1.29 is 9.90 Å². The van der Waals surface area contributed by atoms with Gasteiger partial charge in [-0.3, -0.25) is 0 Å². The summed E-state index contributed by atoms with van der Waals surface area (Å²) in [4.78, 5) is 11.1. The van der Waals surface area contributed by atoms with E-state index in [1.807, 2.05) is 12.1 Å². The van der Waals surface area contributed by atoms with Crippen LogP contribution in [0, 0.1) is 0 Å². The lowest BCUT2D eigenvalue weighted by atomic mass is 9.92. The minimum absolute atomic E-state index is 0.724. The zero-order valence-corrected chi connectivity index (χ0v) is 9.63. The maximum absolute atomic E-state index is 11.1. The molecule has 1 unspecified atom stereocenters. The van der Waals surface area contributed by atoms with E-state index in [0.717, 1.165) is 10.0 Å². The van der Waals surface area contributed by atoms with Gasteiger partial charge >= 0.3 is 5.97 Å². The van der Waals surface area contributed by atoms with Gasteiger partial charge in [0.15, 0.2) is 0 Å². The fraction of sp³-hybridized carbons (Fsp3) is 0.300. The van der Waals surface area contributed by atoms with Crippen molar-refractivity contribution in [3.05, 3.63) is 34.3 Å². The zero-order chi connectivity index (χ0) is 10.8. The van der Waals surface area contributed by atoms with Gasteiger partial charge in [0.2, 0.25) is 0 Å². The predicted octanol–water partition coefficient (Wildman–Crippen LogP) is 1.97. The Labute approximate surface area is 91.3 Å². The van der Waals surface area contributed by atoms with Crippen molar-refractivity contribution in [3.8, 4) is 0 Å². The molecule has 0 aliphatic heterocycles. The van der Waals surface area contributed by atoms with Crippen LogP contribution in [0.5, 0.6) is 0 Å². The molecule has 0 spiro atoms. The topological polar surface area (TPSA) is 49.3 Å². The second-order valence-corrected chi connectivity index (χ2v) is 4.11. The molecule has 0 aliphatic rings. The summed E-state index contributed by atoms with van der Waals surface area (Å²) in [5.74, 6) is -0.891. The number of rotatable bonds is 3. The minimum atomic E-state index is -1.04. The number of likely N-dealkylation sites (N-methyl/N-ethyl adjacent to an activating group) is 1. The lowest BCUT2D eigenvalue weighted by Gasteiger charge is -2.24. The van der Waals surface area contributed by atoms with Crippen LogP contribution in [0.15, 0.2) is 28.7 Å². The largest absolute Gasteiger partial charge is 0.480 e. The average Bonchev–Trinajstić information content (AvgIpc) is 2.16. The lowest BCUT2D eigenvalue weighted by molar-refractivity contribution is -0.144. The Morgan fingerprint density at radius 3 is 2.64 bits per heavy atom. The molecule has 1 aromatic carbocycles. The smallest absolute Gasteiger partial charge is 0.328 e. The third-order valence-electron chi connectivity index (χ3n) is 2.33. The van der Waals surface area contributed by atoms with Gasteiger partial charge < -0.3 is 10.4 Å². The van der Waals surface area contributed by atoms with E-state index < -0.39 is 11.5 Å². The van der Waals surface area contributed by atoms with E-state index in [4.69, 9.17) is 5.11 Å². The highest BCUT2D eigenvalue weighted by atomic mass is 79.9. The highest BCUT2D eigenvalue weighted by molar-refractivity contribution is 9.10. The summed E-state index contributed by atoms with van der Waals surface area (Å²) in [6.45, 7) is 1.64. The van der Waals surface area contributed by atoms with E-state index in [0.29, 0.717) is 0 Å². The molecule has 0 saturated carbocycles. The molecule has 1 atom stereocenters. The summed E-state index contributed by atoms with van der Waals surface area (Å²) in [5.41, 5.74) is -0.314. The van der Waals surface area contributed by atoms with Crippen LogP contribution >= 0.6 is 15.9 Å². The molecule has 0 aliphatic carbocycles. The molecule has 0 fully saturated rings. The number of carboxylic acid groups (broad SMARTS) is 1. The summed E-state index contributed by atoms with van der Waals surface area (Å²) in [6.07, 6.45) is 0. The van der Waals surface area contributed by atoms with Crippen LogP contribution in [0.1, 0.15) is 12.5 Å². The third kappa shape index (κ3) is 1.96. The van der Waals surface area contributed by atoms with E-state index in [2.05, 4.69) is 21.2 Å². The van der Waals surface area contributed by atoms with Crippen molar-refractivity contribution in [2.45, 2.75) is 12.5 Å². The van der Waals surface area contributed by atoms with Crippen molar-refractivity contribution in [2.75, 3.05) is 7.05 Å². The van der Waals surface area contributed by atoms with Gasteiger partial charge in [0.1, 0.15) is 5.54 Å². The number of benzene rings is 1. The summed E-state index contributed by atoms with van der Waals surface area (Å²) in [6, 6.07) is 7.26. The van der Waals surface area contributed by atoms with E-state index in [1.54, 1.807) is 26.1 Å². The molecule has 0 amide bonds. The summed E-state index contributed by atoms with van der Waals surface area (Å²) >= 11 is 3.31. The molecular formula is C10H12BrNO2. The standard InChI is InChI=1S/C10H12BrNO2/c1-10(12-2,9(13)14)7-4-3-5-8(11)6-7/h3-6,12H,1-2H3,(H,13,14). The van der Waals surface area contributed by atoms with Gasteiger partial charge in [-0.25, -0.2) is 4.79 Å². The number of aliphatic carboxylic acids is 1. The number of carbonyl (C=O) groups is 1. The first-order valence-corrected chi connectivity index (χ1v) is 4.98. The Morgan fingerprint density at radius 2 is 2.21 bits per heavy atom. The van der Waals surface area contributed by atoms with E-state index in [1.165, 1.54) is 0 Å². The Kier molecular flexibility index (Phi) is 3.29. The Hall–Kier alpha value is -0.870. The number of halogens is 1. The molecule has 2 N–H and O–H groups in total. The highest BCUT2D eigenvalue weighted by Crippen LogP contribution is 2.23. The van der Waals surface area contributed by atoms with Gasteiger partial charge in [0, 0.05) is 4.47 Å². The first-order valence-electron chi connectivity index (χ1n) is 4.19. The van der Waals surface area contributed by atoms with Gasteiger partial charge in [-0.05, 0) is 31.7 Å². The third-order valence-corrected chi connectivity index (χ3v) is 2.82. The predicted molar refractivity (Wildman–Crippen MR) is 58.2 cm³/mol. The molecule has 0 heterocycles. The van der Waals surface area contributed by atoms with Crippen molar-refractivity contribution in [3.63, 3.8) is 0 Å². The molecule has 4 heteroatoms. The average molecular weight is 258 g/mol. The first kappa shape index (κ1) is 11.2. The number of hydrogen-bond acceptors (Lipinski definition) is 2. The van der Waals surface area contributed by atoms with Crippen molar-refractivity contribution in [2.24, 2.45) is 0 Å². The Balaban J connectivity index is 3.19. The lowest BCUT2D eigenvalue weighted by Crippen LogP contribution is -2.44. The van der Waals surface area contributed by atoms with Gasteiger partial charge in [-0.1, -0.05) is 28.1 Å². The number of carboxylic acids is 1. The highest BCUT2D eigenvalue weighted by Gasteiger charge is 2.33. The second kappa shape index (κ2) is 4.11. The fourth-order valence-corrected chi connectivity index (χ4v) is 1.57. The van der Waals surface area contributed by atoms with Crippen molar-refractivity contribution in [1.29, 1.82) is 0 Å². The summed E-state index contributed by atoms with van der Waals surface area (Å²) < 4.78 is 0.873. The number of nitrogens with one attached hydrogen (secondary N) is 1. The molecule has 14 heavy (non-hydrogen) atoms. The van der Waals surface area contributed by atoms with Crippen LogP contribution in [-0.2, 0) is 10.3 Å². The Morgan fingerprint density at radius 1 is 1.57 bits per heavy atom. The Bertz CT molecular complexity index is 354. The monoisotopic (exact) mass is 257 g/mol. The molecule has 1 rings (SSSR count). The molecular weight excluding hydrogens is 246 g/mol. The molecule has 0 aromatic heterocycles. The van der Waals surface area contributed by atoms with Gasteiger partial charge in [-0.2, -0.15) is 0 Å². The summed E-state index contributed by atoms with van der Waals surface area (Å²) in [7, 11) is 1.63. The molecule has 1 aromatic rings. The van der Waals surface area contributed by atoms with E-state index in [-0.39, 0.29) is 0 Å². The second-order valence-electron chi connectivity index (χ2n) is 3.19. The zero-order valence-electron chi connectivity index (χ0n) is 8.04. The van der Waals surface area contributed by atoms with Crippen LogP contribution < -0.4 is 5.32 Å². The van der Waals surface area contributed by atoms with Crippen molar-refractivity contribution >= 4 is 21.9 Å². The molecule has 76 valence electrons. The van der Waals surface area contributed by atoms with Gasteiger partial charge in [0.25, 0.3) is 0 Å². The van der Waals surface area contributed by atoms with E-state index in [9.17, 15) is 4.79 Å². The maximum Gasteiger partial charge on any atom is 0.328 e. The molecule has 0 bridgehead atoms. The maximum atomic E-state index is 11.1.